The van der Waals surface area contributed by atoms with E-state index in [2.05, 4.69) is 5.32 Å². The Balaban J connectivity index is 1.62. The summed E-state index contributed by atoms with van der Waals surface area (Å²) in [5, 5.41) is 3.30. The number of benzene rings is 1. The van der Waals surface area contributed by atoms with E-state index in [0.717, 1.165) is 25.2 Å². The zero-order chi connectivity index (χ0) is 13.6. The number of halogens is 3. The van der Waals surface area contributed by atoms with Gasteiger partial charge < -0.3 is 10.1 Å². The molecule has 3 atom stereocenters. The standard InChI is InChI=1S/C14H16F3NO/c1-8-4-9(14(15,16)17)2-3-13(8)19-7-12-10-5-18-6-11(10)12/h2-4,10-12,18H,5-7H2,1H3/t10-,11+,12?. The highest BCUT2D eigenvalue weighted by Gasteiger charge is 2.53. The van der Waals surface area contributed by atoms with Crippen molar-refractivity contribution in [3.63, 3.8) is 0 Å². The predicted octanol–water partition coefficient (Wildman–Crippen LogP) is 2.86. The fourth-order valence-corrected chi connectivity index (χ4v) is 2.97. The highest BCUT2D eigenvalue weighted by Crippen LogP contribution is 2.48. The van der Waals surface area contributed by atoms with Gasteiger partial charge in [-0.3, -0.25) is 0 Å². The van der Waals surface area contributed by atoms with Crippen LogP contribution in [0, 0.1) is 24.7 Å². The third kappa shape index (κ3) is 2.43. The van der Waals surface area contributed by atoms with Gasteiger partial charge in [0.05, 0.1) is 12.2 Å². The Kier molecular flexibility index (Phi) is 2.96. The number of hydrogen-bond donors (Lipinski definition) is 1. The maximum absolute atomic E-state index is 12.5. The summed E-state index contributed by atoms with van der Waals surface area (Å²) in [5.74, 6) is 2.54. The van der Waals surface area contributed by atoms with Gasteiger partial charge in [0.2, 0.25) is 0 Å². The van der Waals surface area contributed by atoms with Crippen LogP contribution in [-0.4, -0.2) is 19.7 Å². The Morgan fingerprint density at radius 1 is 1.26 bits per heavy atom. The minimum absolute atomic E-state index is 0.541. The van der Waals surface area contributed by atoms with Crippen LogP contribution in [0.25, 0.3) is 0 Å². The lowest BCUT2D eigenvalue weighted by atomic mass is 10.1. The van der Waals surface area contributed by atoms with Gasteiger partial charge in [0.25, 0.3) is 0 Å². The van der Waals surface area contributed by atoms with Crippen LogP contribution in [0.1, 0.15) is 11.1 Å². The second-order valence-corrected chi connectivity index (χ2v) is 5.44. The number of fused-ring (bicyclic) bond motifs is 1. The zero-order valence-corrected chi connectivity index (χ0v) is 10.6. The van der Waals surface area contributed by atoms with Gasteiger partial charge >= 0.3 is 6.18 Å². The lowest BCUT2D eigenvalue weighted by molar-refractivity contribution is -0.137. The molecule has 1 heterocycles. The van der Waals surface area contributed by atoms with Gasteiger partial charge in [-0.1, -0.05) is 0 Å². The van der Waals surface area contributed by atoms with Crippen molar-refractivity contribution in [2.75, 3.05) is 19.7 Å². The molecule has 0 radical (unpaired) electrons. The van der Waals surface area contributed by atoms with Crippen LogP contribution in [-0.2, 0) is 6.18 Å². The summed E-state index contributed by atoms with van der Waals surface area (Å²) in [4.78, 5) is 0. The van der Waals surface area contributed by atoms with Gasteiger partial charge in [-0.25, -0.2) is 0 Å². The summed E-state index contributed by atoms with van der Waals surface area (Å²) in [6.07, 6.45) is -4.29. The molecule has 1 saturated heterocycles. The molecule has 2 fully saturated rings. The molecule has 0 bridgehead atoms. The highest BCUT2D eigenvalue weighted by molar-refractivity contribution is 5.37. The first-order valence-corrected chi connectivity index (χ1v) is 6.48. The van der Waals surface area contributed by atoms with Crippen molar-refractivity contribution >= 4 is 0 Å². The van der Waals surface area contributed by atoms with Crippen molar-refractivity contribution in [1.82, 2.24) is 5.32 Å². The molecule has 1 aromatic carbocycles. The number of piperidine rings is 1. The lowest BCUT2D eigenvalue weighted by Gasteiger charge is -2.13. The van der Waals surface area contributed by atoms with Gasteiger partial charge in [-0.15, -0.1) is 0 Å². The Labute approximate surface area is 109 Å². The van der Waals surface area contributed by atoms with E-state index in [1.165, 1.54) is 6.07 Å². The second-order valence-electron chi connectivity index (χ2n) is 5.44. The Bertz CT molecular complexity index is 476. The maximum atomic E-state index is 12.5. The molecule has 0 amide bonds. The smallest absolute Gasteiger partial charge is 0.416 e. The maximum Gasteiger partial charge on any atom is 0.416 e. The van der Waals surface area contributed by atoms with E-state index in [9.17, 15) is 13.2 Å². The van der Waals surface area contributed by atoms with E-state index in [4.69, 9.17) is 4.74 Å². The normalized spacial score (nSPS) is 29.2. The fraction of sp³-hybridized carbons (Fsp3) is 0.571. The average Bonchev–Trinajstić information content (AvgIpc) is 2.78. The number of nitrogens with one attached hydrogen (secondary N) is 1. The van der Waals surface area contributed by atoms with E-state index < -0.39 is 11.7 Å². The van der Waals surface area contributed by atoms with Gasteiger partial charge in [0.1, 0.15) is 5.75 Å². The Morgan fingerprint density at radius 2 is 1.95 bits per heavy atom. The van der Waals surface area contributed by atoms with Crippen LogP contribution in [0.15, 0.2) is 18.2 Å². The quantitative estimate of drug-likeness (QED) is 0.912. The first kappa shape index (κ1) is 12.8. The van der Waals surface area contributed by atoms with E-state index in [1.807, 2.05) is 0 Å². The van der Waals surface area contributed by atoms with Gasteiger partial charge in [-0.2, -0.15) is 13.2 Å². The summed E-state index contributed by atoms with van der Waals surface area (Å²) >= 11 is 0. The second kappa shape index (κ2) is 4.40. The lowest BCUT2D eigenvalue weighted by Crippen LogP contribution is -2.17. The van der Waals surface area contributed by atoms with E-state index in [0.29, 0.717) is 35.7 Å². The third-order valence-electron chi connectivity index (χ3n) is 4.20. The molecule has 1 unspecified atom stereocenters. The van der Waals surface area contributed by atoms with Gasteiger partial charge in [0, 0.05) is 5.92 Å². The molecule has 3 rings (SSSR count). The van der Waals surface area contributed by atoms with Crippen LogP contribution in [0.2, 0.25) is 0 Å². The number of alkyl halides is 3. The fourth-order valence-electron chi connectivity index (χ4n) is 2.97. The van der Waals surface area contributed by atoms with Gasteiger partial charge in [-0.05, 0) is 55.6 Å². The summed E-state index contributed by atoms with van der Waals surface area (Å²) in [6, 6.07) is 3.65. The summed E-state index contributed by atoms with van der Waals surface area (Å²) in [7, 11) is 0. The van der Waals surface area contributed by atoms with Crippen LogP contribution in [0.4, 0.5) is 13.2 Å². The predicted molar refractivity (Wildman–Crippen MR) is 65.0 cm³/mol. The molecule has 5 heteroatoms. The topological polar surface area (TPSA) is 21.3 Å². The molecule has 0 aromatic heterocycles. The van der Waals surface area contributed by atoms with Crippen LogP contribution >= 0.6 is 0 Å². The molecule has 1 saturated carbocycles. The molecule has 104 valence electrons. The molecule has 0 spiro atoms. The van der Waals surface area contributed by atoms with Crippen molar-refractivity contribution in [2.45, 2.75) is 13.1 Å². The molecule has 2 aliphatic rings. The highest BCUT2D eigenvalue weighted by atomic mass is 19.4. The molecule has 2 nitrogen and oxygen atoms in total. The van der Waals surface area contributed by atoms with Crippen LogP contribution in [0.3, 0.4) is 0 Å². The molecule has 19 heavy (non-hydrogen) atoms. The summed E-state index contributed by atoms with van der Waals surface area (Å²) in [5.41, 5.74) is -0.0800. The Morgan fingerprint density at radius 3 is 2.53 bits per heavy atom. The molecule has 1 aromatic rings. The molecular weight excluding hydrogens is 255 g/mol. The SMILES string of the molecule is Cc1cc(C(F)(F)F)ccc1OCC1[C@H]2CNC[C@@H]12. The summed E-state index contributed by atoms with van der Waals surface area (Å²) < 4.78 is 43.3. The van der Waals surface area contributed by atoms with Crippen LogP contribution in [0.5, 0.6) is 5.75 Å². The van der Waals surface area contributed by atoms with Crippen molar-refractivity contribution in [3.8, 4) is 5.75 Å². The largest absolute Gasteiger partial charge is 0.493 e. The number of aryl methyl sites for hydroxylation is 1. The summed E-state index contributed by atoms with van der Waals surface area (Å²) in [6.45, 7) is 4.36. The molecule has 1 aliphatic heterocycles. The molecule has 1 aliphatic carbocycles. The molecule has 1 N–H and O–H groups in total. The van der Waals surface area contributed by atoms with E-state index in [-0.39, 0.29) is 0 Å². The van der Waals surface area contributed by atoms with E-state index >= 15 is 0 Å². The van der Waals surface area contributed by atoms with Crippen LogP contribution < -0.4 is 10.1 Å². The monoisotopic (exact) mass is 271 g/mol. The number of hydrogen-bond acceptors (Lipinski definition) is 2. The Hall–Kier alpha value is -1.23. The average molecular weight is 271 g/mol. The first-order valence-electron chi connectivity index (χ1n) is 6.48. The number of rotatable bonds is 3. The number of ether oxygens (including phenoxy) is 1. The minimum Gasteiger partial charge on any atom is -0.493 e. The van der Waals surface area contributed by atoms with Gasteiger partial charge in [0.15, 0.2) is 0 Å². The van der Waals surface area contributed by atoms with E-state index in [1.54, 1.807) is 6.92 Å². The van der Waals surface area contributed by atoms with Crippen molar-refractivity contribution in [1.29, 1.82) is 0 Å². The van der Waals surface area contributed by atoms with Crippen molar-refractivity contribution < 1.29 is 17.9 Å². The van der Waals surface area contributed by atoms with Crippen molar-refractivity contribution in [2.24, 2.45) is 17.8 Å². The molecular formula is C14H16F3NO. The third-order valence-corrected chi connectivity index (χ3v) is 4.20. The van der Waals surface area contributed by atoms with Crippen molar-refractivity contribution in [3.05, 3.63) is 29.3 Å². The first-order chi connectivity index (χ1) is 8.97. The minimum atomic E-state index is -4.29. The zero-order valence-electron chi connectivity index (χ0n) is 10.6.